The number of rotatable bonds is 4. The number of anilines is 1. The van der Waals surface area contributed by atoms with Gasteiger partial charge in [-0.1, -0.05) is 24.3 Å². The van der Waals surface area contributed by atoms with E-state index >= 15 is 0 Å². The number of hydrogen-bond acceptors (Lipinski definition) is 5. The summed E-state index contributed by atoms with van der Waals surface area (Å²) in [6.07, 6.45) is 4.57. The number of aromatic nitrogens is 1. The molecule has 0 aliphatic rings. The summed E-state index contributed by atoms with van der Waals surface area (Å²) in [4.78, 5) is 27.4. The van der Waals surface area contributed by atoms with Crippen LogP contribution in [0.2, 0.25) is 0 Å². The first-order chi connectivity index (χ1) is 12.2. The van der Waals surface area contributed by atoms with Crippen molar-refractivity contribution in [2.24, 2.45) is 0 Å². The van der Waals surface area contributed by atoms with Crippen molar-refractivity contribution in [2.75, 3.05) is 11.9 Å². The zero-order valence-corrected chi connectivity index (χ0v) is 15.2. The van der Waals surface area contributed by atoms with Gasteiger partial charge in [0.2, 0.25) is 0 Å². The quantitative estimate of drug-likeness (QED) is 0.594. The number of benzene rings is 1. The summed E-state index contributed by atoms with van der Waals surface area (Å²) in [6.45, 7) is 5.45. The summed E-state index contributed by atoms with van der Waals surface area (Å²) in [5, 5.41) is 10.7. The normalized spacial score (nSPS) is 11.4. The topological polar surface area (TPSA) is 85.6 Å². The molecule has 2 aromatic rings. The van der Waals surface area contributed by atoms with Crippen molar-refractivity contribution in [1.29, 1.82) is 0 Å². The van der Waals surface area contributed by atoms with Crippen LogP contribution in [0.5, 0.6) is 0 Å². The van der Waals surface area contributed by atoms with Gasteiger partial charge in [-0.3, -0.25) is 4.90 Å². The Bertz CT molecular complexity index is 823. The second-order valence-corrected chi connectivity index (χ2v) is 6.67. The fraction of sp³-hybridized carbons (Fsp3) is 0.263. The highest BCUT2D eigenvalue weighted by Gasteiger charge is 2.20. The van der Waals surface area contributed by atoms with Crippen LogP contribution in [-0.4, -0.2) is 28.6 Å². The van der Waals surface area contributed by atoms with Crippen LogP contribution in [0.15, 0.2) is 42.6 Å². The number of carbonyl (C=O) groups excluding carboxylic acids is 1. The molecule has 2 rings (SSSR count). The van der Waals surface area contributed by atoms with Gasteiger partial charge in [-0.05, 0) is 60.0 Å². The highest BCUT2D eigenvalue weighted by Crippen LogP contribution is 2.19. The number of pyridine rings is 1. The van der Waals surface area contributed by atoms with E-state index in [1.165, 1.54) is 17.2 Å². The number of carbonyl (C=O) groups is 1. The van der Waals surface area contributed by atoms with Gasteiger partial charge in [0.25, 0.3) is 0 Å². The first-order valence-corrected chi connectivity index (χ1v) is 8.01. The molecule has 7 heteroatoms. The second kappa shape index (κ2) is 7.77. The molecule has 0 bridgehead atoms. The molecular formula is C19H21N3O4. The van der Waals surface area contributed by atoms with Crippen molar-refractivity contribution < 1.29 is 14.5 Å². The van der Waals surface area contributed by atoms with E-state index in [1.54, 1.807) is 31.3 Å². The molecule has 136 valence electrons. The lowest BCUT2D eigenvalue weighted by Crippen LogP contribution is -2.34. The Morgan fingerprint density at radius 1 is 1.15 bits per heavy atom. The minimum Gasteiger partial charge on any atom is -0.443 e. The Morgan fingerprint density at radius 3 is 2.35 bits per heavy atom. The summed E-state index contributed by atoms with van der Waals surface area (Å²) in [5.41, 5.74) is 1.73. The predicted octanol–water partition coefficient (Wildman–Crippen LogP) is 4.53. The van der Waals surface area contributed by atoms with Crippen LogP contribution in [0.4, 0.5) is 16.3 Å². The molecule has 1 heterocycles. The molecule has 7 nitrogen and oxygen atoms in total. The highest BCUT2D eigenvalue weighted by atomic mass is 16.6. The Labute approximate surface area is 152 Å². The van der Waals surface area contributed by atoms with Crippen molar-refractivity contribution in [1.82, 2.24) is 4.98 Å². The maximum atomic E-state index is 12.1. The standard InChI is InChI=1S/C19H21N3O4/c1-19(2,3)26-18(23)21(4)16-9-7-14(8-10-16)5-6-15-11-12-20-17(13-15)22(24)25/h5-13H,1-4H3/b6-5+. The summed E-state index contributed by atoms with van der Waals surface area (Å²) < 4.78 is 5.33. The van der Waals surface area contributed by atoms with Crippen molar-refractivity contribution in [3.05, 3.63) is 63.8 Å². The molecule has 0 saturated heterocycles. The SMILES string of the molecule is CN(C(=O)OC(C)(C)C)c1ccc(/C=C/c2ccnc([N+](=O)[O-])c2)cc1. The number of ether oxygens (including phenoxy) is 1. The summed E-state index contributed by atoms with van der Waals surface area (Å²) >= 11 is 0. The van der Waals surface area contributed by atoms with Gasteiger partial charge in [-0.15, -0.1) is 0 Å². The largest absolute Gasteiger partial charge is 0.443 e. The first-order valence-electron chi connectivity index (χ1n) is 8.01. The molecule has 0 fully saturated rings. The molecule has 0 aliphatic heterocycles. The van der Waals surface area contributed by atoms with Crippen LogP contribution < -0.4 is 4.90 Å². The van der Waals surface area contributed by atoms with Crippen LogP contribution in [0.1, 0.15) is 31.9 Å². The van der Waals surface area contributed by atoms with Crippen LogP contribution in [0.3, 0.4) is 0 Å². The molecule has 1 aromatic heterocycles. The fourth-order valence-electron chi connectivity index (χ4n) is 2.07. The Morgan fingerprint density at radius 2 is 1.77 bits per heavy atom. The van der Waals surface area contributed by atoms with Gasteiger partial charge in [-0.2, -0.15) is 0 Å². The minimum atomic E-state index is -0.554. The first kappa shape index (κ1) is 19.1. The van der Waals surface area contributed by atoms with E-state index in [1.807, 2.05) is 39.0 Å². The predicted molar refractivity (Wildman–Crippen MR) is 101 cm³/mol. The zero-order valence-electron chi connectivity index (χ0n) is 15.2. The molecule has 26 heavy (non-hydrogen) atoms. The van der Waals surface area contributed by atoms with Gasteiger partial charge >= 0.3 is 11.9 Å². The van der Waals surface area contributed by atoms with Crippen LogP contribution >= 0.6 is 0 Å². The average molecular weight is 355 g/mol. The fourth-order valence-corrected chi connectivity index (χ4v) is 2.07. The molecule has 0 saturated carbocycles. The molecule has 0 unspecified atom stereocenters. The summed E-state index contributed by atoms with van der Waals surface area (Å²) in [7, 11) is 1.65. The number of nitrogens with zero attached hydrogens (tertiary/aromatic N) is 3. The van der Waals surface area contributed by atoms with Gasteiger partial charge in [0.15, 0.2) is 0 Å². The van der Waals surface area contributed by atoms with E-state index < -0.39 is 16.6 Å². The maximum absolute atomic E-state index is 12.1. The number of nitro groups is 1. The average Bonchev–Trinajstić information content (AvgIpc) is 2.58. The van der Waals surface area contributed by atoms with E-state index in [9.17, 15) is 14.9 Å². The van der Waals surface area contributed by atoms with Crippen LogP contribution in [0, 0.1) is 10.1 Å². The lowest BCUT2D eigenvalue weighted by molar-refractivity contribution is -0.389. The van der Waals surface area contributed by atoms with Crippen LogP contribution in [-0.2, 0) is 4.74 Å². The molecule has 0 aliphatic carbocycles. The van der Waals surface area contributed by atoms with E-state index in [-0.39, 0.29) is 5.82 Å². The summed E-state index contributed by atoms with van der Waals surface area (Å²) in [6, 6.07) is 10.4. The van der Waals surface area contributed by atoms with Gasteiger partial charge in [-0.25, -0.2) is 4.79 Å². The van der Waals surface area contributed by atoms with E-state index in [0.29, 0.717) is 11.3 Å². The van der Waals surface area contributed by atoms with Gasteiger partial charge in [0, 0.05) is 18.8 Å². The minimum absolute atomic E-state index is 0.193. The van der Waals surface area contributed by atoms with Gasteiger partial charge in [0.1, 0.15) is 11.8 Å². The van der Waals surface area contributed by atoms with Crippen molar-refractivity contribution in [3.8, 4) is 0 Å². The molecule has 0 atom stereocenters. The van der Waals surface area contributed by atoms with Gasteiger partial charge < -0.3 is 14.9 Å². The smallest absolute Gasteiger partial charge is 0.414 e. The molecule has 1 aromatic carbocycles. The third-order valence-electron chi connectivity index (χ3n) is 3.37. The zero-order chi connectivity index (χ0) is 19.3. The third-order valence-corrected chi connectivity index (χ3v) is 3.37. The maximum Gasteiger partial charge on any atom is 0.414 e. The Hall–Kier alpha value is -3.22. The lowest BCUT2D eigenvalue weighted by atomic mass is 10.1. The van der Waals surface area contributed by atoms with Gasteiger partial charge in [0.05, 0.1) is 0 Å². The number of amides is 1. The Balaban J connectivity index is 2.08. The molecule has 0 spiro atoms. The second-order valence-electron chi connectivity index (χ2n) is 6.67. The van der Waals surface area contributed by atoms with E-state index in [4.69, 9.17) is 4.74 Å². The molecule has 0 radical (unpaired) electrons. The van der Waals surface area contributed by atoms with Crippen LogP contribution in [0.25, 0.3) is 12.2 Å². The molecular weight excluding hydrogens is 334 g/mol. The monoisotopic (exact) mass is 355 g/mol. The van der Waals surface area contributed by atoms with E-state index in [2.05, 4.69) is 4.98 Å². The lowest BCUT2D eigenvalue weighted by Gasteiger charge is -2.24. The molecule has 1 amide bonds. The van der Waals surface area contributed by atoms with Crippen molar-refractivity contribution >= 4 is 29.8 Å². The van der Waals surface area contributed by atoms with E-state index in [0.717, 1.165) is 5.56 Å². The third kappa shape index (κ3) is 5.41. The van der Waals surface area contributed by atoms with Crippen molar-refractivity contribution in [2.45, 2.75) is 26.4 Å². The summed E-state index contributed by atoms with van der Waals surface area (Å²) in [5.74, 6) is -0.193. The molecule has 0 N–H and O–H groups in total. The highest BCUT2D eigenvalue weighted by molar-refractivity contribution is 5.87. The Kier molecular flexibility index (Phi) is 5.71. The number of hydrogen-bond donors (Lipinski definition) is 0. The van der Waals surface area contributed by atoms with Crippen molar-refractivity contribution in [3.63, 3.8) is 0 Å².